The van der Waals surface area contributed by atoms with Gasteiger partial charge in [-0.15, -0.1) is 0 Å². The summed E-state index contributed by atoms with van der Waals surface area (Å²) in [6.07, 6.45) is 11.8. The van der Waals surface area contributed by atoms with Gasteiger partial charge in [0.25, 0.3) is 0 Å². The Hall–Kier alpha value is -2.61. The van der Waals surface area contributed by atoms with Gasteiger partial charge in [-0.05, 0) is 30.7 Å². The molecular weight excluding hydrogens is 358 g/mol. The van der Waals surface area contributed by atoms with E-state index in [-0.39, 0.29) is 0 Å². The lowest BCUT2D eigenvalue weighted by Gasteiger charge is -2.33. The highest BCUT2D eigenvalue weighted by atomic mass is 32.2. The largest absolute Gasteiger partial charge is 0.383 e. The molecule has 1 unspecified atom stereocenters. The van der Waals surface area contributed by atoms with Gasteiger partial charge in [0.1, 0.15) is 17.5 Å². The second kappa shape index (κ2) is 7.96. The van der Waals surface area contributed by atoms with Crippen LogP contribution in [0.25, 0.3) is 0 Å². The van der Waals surface area contributed by atoms with E-state index in [0.29, 0.717) is 16.9 Å². The summed E-state index contributed by atoms with van der Waals surface area (Å²) in [6.45, 7) is 2.65. The Labute approximate surface area is 163 Å². The zero-order valence-electron chi connectivity index (χ0n) is 15.3. The SMILES string of the molecule is CSc1nc(N)cc(N2CCCC(c3nccn3Cc3cccnc3)C2)n1. The molecule has 0 aliphatic carbocycles. The zero-order valence-corrected chi connectivity index (χ0v) is 16.1. The minimum Gasteiger partial charge on any atom is -0.383 e. The van der Waals surface area contributed by atoms with E-state index in [0.717, 1.165) is 44.1 Å². The third-order valence-corrected chi connectivity index (χ3v) is 5.38. The first-order chi connectivity index (χ1) is 13.2. The van der Waals surface area contributed by atoms with Crippen LogP contribution in [0, 0.1) is 0 Å². The van der Waals surface area contributed by atoms with E-state index in [1.807, 2.05) is 30.8 Å². The monoisotopic (exact) mass is 381 g/mol. The molecule has 1 atom stereocenters. The van der Waals surface area contributed by atoms with Crippen LogP contribution in [0.15, 0.2) is 48.1 Å². The van der Waals surface area contributed by atoms with Crippen LogP contribution in [0.4, 0.5) is 11.6 Å². The predicted molar refractivity (Wildman–Crippen MR) is 108 cm³/mol. The molecule has 1 saturated heterocycles. The fraction of sp³-hybridized carbons (Fsp3) is 0.368. The van der Waals surface area contributed by atoms with Gasteiger partial charge in [-0.2, -0.15) is 0 Å². The molecule has 2 N–H and O–H groups in total. The van der Waals surface area contributed by atoms with E-state index in [9.17, 15) is 0 Å². The number of nitrogen functional groups attached to an aromatic ring is 1. The van der Waals surface area contributed by atoms with Crippen LogP contribution in [-0.4, -0.2) is 43.8 Å². The van der Waals surface area contributed by atoms with Crippen LogP contribution in [0.3, 0.4) is 0 Å². The Bertz CT molecular complexity index is 896. The summed E-state index contributed by atoms with van der Waals surface area (Å²) in [5, 5.41) is 0.713. The Balaban J connectivity index is 1.54. The van der Waals surface area contributed by atoms with Crippen LogP contribution >= 0.6 is 11.8 Å². The van der Waals surface area contributed by atoms with E-state index in [4.69, 9.17) is 5.73 Å². The number of aromatic nitrogens is 5. The number of rotatable bonds is 5. The van der Waals surface area contributed by atoms with E-state index in [2.05, 4.69) is 41.7 Å². The second-order valence-corrected chi connectivity index (χ2v) is 7.47. The lowest BCUT2D eigenvalue weighted by Crippen LogP contribution is -2.36. The summed E-state index contributed by atoms with van der Waals surface area (Å²) in [4.78, 5) is 20.1. The number of pyridine rings is 1. The molecule has 0 radical (unpaired) electrons. The normalized spacial score (nSPS) is 17.2. The van der Waals surface area contributed by atoms with Gasteiger partial charge < -0.3 is 15.2 Å². The molecule has 4 rings (SSSR count). The predicted octanol–water partition coefficient (Wildman–Crippen LogP) is 2.80. The zero-order chi connectivity index (χ0) is 18.6. The molecule has 1 fully saturated rings. The molecule has 7 nitrogen and oxygen atoms in total. The Morgan fingerprint density at radius 1 is 1.30 bits per heavy atom. The van der Waals surface area contributed by atoms with Crippen molar-refractivity contribution in [3.63, 3.8) is 0 Å². The average molecular weight is 382 g/mol. The molecule has 27 heavy (non-hydrogen) atoms. The highest BCUT2D eigenvalue weighted by Crippen LogP contribution is 2.30. The Kier molecular flexibility index (Phi) is 5.24. The quantitative estimate of drug-likeness (QED) is 0.537. The first kappa shape index (κ1) is 17.8. The topological polar surface area (TPSA) is 85.8 Å². The second-order valence-electron chi connectivity index (χ2n) is 6.70. The van der Waals surface area contributed by atoms with Crippen molar-refractivity contribution in [2.75, 3.05) is 30.0 Å². The molecule has 1 aliphatic rings. The van der Waals surface area contributed by atoms with Crippen LogP contribution in [0.5, 0.6) is 0 Å². The maximum atomic E-state index is 5.97. The van der Waals surface area contributed by atoms with Crippen molar-refractivity contribution in [1.29, 1.82) is 0 Å². The number of hydrogen-bond acceptors (Lipinski definition) is 7. The molecule has 0 aromatic carbocycles. The van der Waals surface area contributed by atoms with Gasteiger partial charge in [-0.1, -0.05) is 17.8 Å². The van der Waals surface area contributed by atoms with Crippen molar-refractivity contribution in [2.45, 2.75) is 30.5 Å². The molecule has 0 bridgehead atoms. The molecule has 8 heteroatoms. The number of thioether (sulfide) groups is 1. The van der Waals surface area contributed by atoms with E-state index < -0.39 is 0 Å². The summed E-state index contributed by atoms with van der Waals surface area (Å²) in [5.74, 6) is 2.90. The van der Waals surface area contributed by atoms with Crippen LogP contribution in [-0.2, 0) is 6.54 Å². The van der Waals surface area contributed by atoms with Gasteiger partial charge in [-0.3, -0.25) is 4.98 Å². The van der Waals surface area contributed by atoms with E-state index in [1.54, 1.807) is 6.20 Å². The summed E-state index contributed by atoms with van der Waals surface area (Å²) >= 11 is 1.51. The molecule has 140 valence electrons. The fourth-order valence-corrected chi connectivity index (χ4v) is 3.96. The van der Waals surface area contributed by atoms with Gasteiger partial charge in [0.05, 0.1) is 6.54 Å². The van der Waals surface area contributed by atoms with Crippen molar-refractivity contribution < 1.29 is 0 Å². The lowest BCUT2D eigenvalue weighted by molar-refractivity contribution is 0.473. The van der Waals surface area contributed by atoms with Crippen LogP contribution in [0.2, 0.25) is 0 Å². The smallest absolute Gasteiger partial charge is 0.191 e. The third-order valence-electron chi connectivity index (χ3n) is 4.83. The Morgan fingerprint density at radius 2 is 2.22 bits per heavy atom. The first-order valence-corrected chi connectivity index (χ1v) is 10.3. The fourth-order valence-electron chi connectivity index (χ4n) is 3.58. The number of nitrogens with zero attached hydrogens (tertiary/aromatic N) is 6. The highest BCUT2D eigenvalue weighted by Gasteiger charge is 2.26. The lowest BCUT2D eigenvalue weighted by atomic mass is 9.97. The maximum Gasteiger partial charge on any atom is 0.191 e. The van der Waals surface area contributed by atoms with Crippen molar-refractivity contribution in [2.24, 2.45) is 0 Å². The number of piperidine rings is 1. The number of hydrogen-bond donors (Lipinski definition) is 1. The standard InChI is InChI=1S/C19H23N7S/c1-27-19-23-16(20)10-17(24-19)25-8-3-5-15(13-25)18-22-7-9-26(18)12-14-4-2-6-21-11-14/h2,4,6-7,9-11,15H,3,5,8,12-13H2,1H3,(H2,20,23,24). The molecule has 3 aromatic rings. The van der Waals surface area contributed by atoms with Gasteiger partial charge >= 0.3 is 0 Å². The van der Waals surface area contributed by atoms with Crippen molar-refractivity contribution in [1.82, 2.24) is 24.5 Å². The molecule has 0 saturated carbocycles. The van der Waals surface area contributed by atoms with E-state index >= 15 is 0 Å². The van der Waals surface area contributed by atoms with Crippen molar-refractivity contribution in [3.8, 4) is 0 Å². The summed E-state index contributed by atoms with van der Waals surface area (Å²) in [7, 11) is 0. The first-order valence-electron chi connectivity index (χ1n) is 9.06. The van der Waals surface area contributed by atoms with E-state index in [1.165, 1.54) is 17.3 Å². The molecule has 0 amide bonds. The third kappa shape index (κ3) is 4.05. The summed E-state index contributed by atoms with van der Waals surface area (Å²) in [5.41, 5.74) is 7.15. The summed E-state index contributed by atoms with van der Waals surface area (Å²) in [6, 6.07) is 5.93. The molecule has 0 spiro atoms. The van der Waals surface area contributed by atoms with Crippen LogP contribution < -0.4 is 10.6 Å². The minimum atomic E-state index is 0.361. The molecule has 4 heterocycles. The number of nitrogens with two attached hydrogens (primary N) is 1. The number of anilines is 2. The van der Waals surface area contributed by atoms with Crippen molar-refractivity contribution >= 4 is 23.4 Å². The average Bonchev–Trinajstić information content (AvgIpc) is 3.16. The highest BCUT2D eigenvalue weighted by molar-refractivity contribution is 7.98. The summed E-state index contributed by atoms with van der Waals surface area (Å²) < 4.78 is 2.23. The number of imidazole rings is 1. The van der Waals surface area contributed by atoms with Crippen LogP contribution in [0.1, 0.15) is 30.1 Å². The van der Waals surface area contributed by atoms with Gasteiger partial charge in [0.15, 0.2) is 5.16 Å². The molecular formula is C19H23N7S. The van der Waals surface area contributed by atoms with Gasteiger partial charge in [0, 0.05) is 49.9 Å². The van der Waals surface area contributed by atoms with Gasteiger partial charge in [0.2, 0.25) is 0 Å². The molecule has 3 aromatic heterocycles. The Morgan fingerprint density at radius 3 is 3.04 bits per heavy atom. The molecule has 1 aliphatic heterocycles. The van der Waals surface area contributed by atoms with Crippen molar-refractivity contribution in [3.05, 3.63) is 54.4 Å². The maximum absolute atomic E-state index is 5.97. The minimum absolute atomic E-state index is 0.361. The van der Waals surface area contributed by atoms with Gasteiger partial charge in [-0.25, -0.2) is 15.0 Å².